The minimum absolute atomic E-state index is 0. The number of benzene rings is 1. The highest BCUT2D eigenvalue weighted by atomic mass is 35.5. The average molecular weight is 285 g/mol. The summed E-state index contributed by atoms with van der Waals surface area (Å²) in [4.78, 5) is 23.1. The molecule has 1 aliphatic heterocycles. The van der Waals surface area contributed by atoms with E-state index in [1.807, 2.05) is 0 Å². The molecule has 0 aliphatic carbocycles. The fraction of sp³-hybridized carbons (Fsp3) is 0.385. The highest BCUT2D eigenvalue weighted by Crippen LogP contribution is 2.14. The summed E-state index contributed by atoms with van der Waals surface area (Å²) in [5, 5.41) is 5.99. The maximum atomic E-state index is 11.8. The molecule has 0 bridgehead atoms. The van der Waals surface area contributed by atoms with Crippen molar-refractivity contribution in [3.05, 3.63) is 29.8 Å². The number of ether oxygens (including phenoxy) is 1. The Morgan fingerprint density at radius 2 is 2.00 bits per heavy atom. The molecule has 1 aromatic carbocycles. The normalized spacial score (nSPS) is 17.4. The third kappa shape index (κ3) is 3.94. The monoisotopic (exact) mass is 284 g/mol. The summed E-state index contributed by atoms with van der Waals surface area (Å²) < 4.78 is 4.60. The number of halogens is 1. The molecule has 1 fully saturated rings. The molecule has 1 amide bonds. The summed E-state index contributed by atoms with van der Waals surface area (Å²) in [5.74, 6) is -0.330. The Balaban J connectivity index is 0.00000180. The standard InChI is InChI=1S/C13H16N2O3.ClH/c1-18-13(17)9-2-4-11(5-3-9)15-12(16)10-6-7-14-8-10;/h2-5,10,14H,6-8H2,1H3,(H,15,16);1H. The van der Waals surface area contributed by atoms with Gasteiger partial charge in [0.25, 0.3) is 0 Å². The quantitative estimate of drug-likeness (QED) is 0.825. The van der Waals surface area contributed by atoms with Crippen molar-refractivity contribution in [2.45, 2.75) is 6.42 Å². The first-order valence-electron chi connectivity index (χ1n) is 5.90. The van der Waals surface area contributed by atoms with Crippen molar-refractivity contribution in [3.63, 3.8) is 0 Å². The lowest BCUT2D eigenvalue weighted by Crippen LogP contribution is -2.24. The fourth-order valence-electron chi connectivity index (χ4n) is 1.93. The zero-order chi connectivity index (χ0) is 13.0. The minimum atomic E-state index is -0.382. The largest absolute Gasteiger partial charge is 0.465 e. The highest BCUT2D eigenvalue weighted by Gasteiger charge is 2.22. The molecule has 19 heavy (non-hydrogen) atoms. The lowest BCUT2D eigenvalue weighted by molar-refractivity contribution is -0.119. The Morgan fingerprint density at radius 3 is 2.53 bits per heavy atom. The van der Waals surface area contributed by atoms with E-state index in [0.29, 0.717) is 11.3 Å². The van der Waals surface area contributed by atoms with Gasteiger partial charge in [-0.25, -0.2) is 4.79 Å². The molecule has 1 aliphatic rings. The number of methoxy groups -OCH3 is 1. The number of rotatable bonds is 3. The van der Waals surface area contributed by atoms with Crippen molar-refractivity contribution in [1.82, 2.24) is 5.32 Å². The van der Waals surface area contributed by atoms with Crippen molar-refractivity contribution in [1.29, 1.82) is 0 Å². The molecule has 6 heteroatoms. The van der Waals surface area contributed by atoms with Crippen molar-refractivity contribution < 1.29 is 14.3 Å². The van der Waals surface area contributed by atoms with Gasteiger partial charge < -0.3 is 15.4 Å². The number of carbonyl (C=O) groups is 2. The Bertz CT molecular complexity index is 442. The second kappa shape index (κ2) is 7.11. The van der Waals surface area contributed by atoms with Crippen LogP contribution >= 0.6 is 12.4 Å². The maximum absolute atomic E-state index is 11.8. The molecule has 1 heterocycles. The first-order chi connectivity index (χ1) is 8.70. The van der Waals surface area contributed by atoms with Crippen molar-refractivity contribution in [2.75, 3.05) is 25.5 Å². The van der Waals surface area contributed by atoms with Crippen molar-refractivity contribution >= 4 is 30.0 Å². The van der Waals surface area contributed by atoms with Crippen LogP contribution in [0.15, 0.2) is 24.3 Å². The van der Waals surface area contributed by atoms with Gasteiger partial charge in [0.1, 0.15) is 0 Å². The summed E-state index contributed by atoms with van der Waals surface area (Å²) in [7, 11) is 1.34. The Morgan fingerprint density at radius 1 is 1.32 bits per heavy atom. The number of hydrogen-bond donors (Lipinski definition) is 2. The van der Waals surface area contributed by atoms with E-state index >= 15 is 0 Å². The molecule has 1 atom stereocenters. The third-order valence-corrected chi connectivity index (χ3v) is 3.00. The van der Waals surface area contributed by atoms with Crippen LogP contribution in [-0.2, 0) is 9.53 Å². The molecule has 1 unspecified atom stereocenters. The fourth-order valence-corrected chi connectivity index (χ4v) is 1.93. The number of carbonyl (C=O) groups excluding carboxylic acids is 2. The molecule has 2 N–H and O–H groups in total. The smallest absolute Gasteiger partial charge is 0.337 e. The summed E-state index contributed by atoms with van der Waals surface area (Å²) in [6.07, 6.45) is 0.867. The molecule has 0 spiro atoms. The predicted molar refractivity (Wildman–Crippen MR) is 74.6 cm³/mol. The lowest BCUT2D eigenvalue weighted by atomic mass is 10.1. The van der Waals surface area contributed by atoms with Gasteiger partial charge in [0, 0.05) is 12.2 Å². The average Bonchev–Trinajstić information content (AvgIpc) is 2.92. The molecular weight excluding hydrogens is 268 g/mol. The molecular formula is C13H17ClN2O3. The lowest BCUT2D eigenvalue weighted by Gasteiger charge is -2.10. The van der Waals surface area contributed by atoms with Crippen LogP contribution in [0.3, 0.4) is 0 Å². The second-order valence-corrected chi connectivity index (χ2v) is 4.25. The molecule has 104 valence electrons. The van der Waals surface area contributed by atoms with E-state index in [0.717, 1.165) is 19.5 Å². The molecule has 0 aromatic heterocycles. The summed E-state index contributed by atoms with van der Waals surface area (Å²) in [6, 6.07) is 6.67. The van der Waals surface area contributed by atoms with E-state index in [9.17, 15) is 9.59 Å². The molecule has 0 saturated carbocycles. The van der Waals surface area contributed by atoms with Gasteiger partial charge in [-0.3, -0.25) is 4.79 Å². The van der Waals surface area contributed by atoms with Gasteiger partial charge in [0.2, 0.25) is 5.91 Å². The molecule has 1 saturated heterocycles. The van der Waals surface area contributed by atoms with Gasteiger partial charge in [-0.15, -0.1) is 12.4 Å². The topological polar surface area (TPSA) is 67.4 Å². The van der Waals surface area contributed by atoms with Crippen molar-refractivity contribution in [2.24, 2.45) is 5.92 Å². The minimum Gasteiger partial charge on any atom is -0.465 e. The Kier molecular flexibility index (Phi) is 5.79. The zero-order valence-electron chi connectivity index (χ0n) is 10.6. The number of anilines is 1. The maximum Gasteiger partial charge on any atom is 0.337 e. The van der Waals surface area contributed by atoms with E-state index in [4.69, 9.17) is 0 Å². The Hall–Kier alpha value is -1.59. The SMILES string of the molecule is COC(=O)c1ccc(NC(=O)C2CCNC2)cc1.Cl. The van der Waals surface area contributed by atoms with Crippen molar-refractivity contribution in [3.8, 4) is 0 Å². The van der Waals surface area contributed by atoms with Crippen LogP contribution < -0.4 is 10.6 Å². The van der Waals surface area contributed by atoms with Crippen LogP contribution in [0.1, 0.15) is 16.8 Å². The first-order valence-corrected chi connectivity index (χ1v) is 5.90. The van der Waals surface area contributed by atoms with Gasteiger partial charge in [0.15, 0.2) is 0 Å². The second-order valence-electron chi connectivity index (χ2n) is 4.25. The number of nitrogens with one attached hydrogen (secondary N) is 2. The van der Waals surface area contributed by atoms with Crippen LogP contribution in [-0.4, -0.2) is 32.1 Å². The first kappa shape index (κ1) is 15.5. The predicted octanol–water partition coefficient (Wildman–Crippen LogP) is 1.44. The van der Waals surface area contributed by atoms with E-state index in [-0.39, 0.29) is 30.2 Å². The van der Waals surface area contributed by atoms with Crippen LogP contribution in [0.25, 0.3) is 0 Å². The van der Waals surface area contributed by atoms with E-state index in [2.05, 4.69) is 15.4 Å². The van der Waals surface area contributed by atoms with Gasteiger partial charge in [-0.1, -0.05) is 0 Å². The zero-order valence-corrected chi connectivity index (χ0v) is 11.5. The van der Waals surface area contributed by atoms with E-state index in [1.165, 1.54) is 7.11 Å². The summed E-state index contributed by atoms with van der Waals surface area (Å²) in [5.41, 5.74) is 1.16. The third-order valence-electron chi connectivity index (χ3n) is 3.00. The van der Waals surface area contributed by atoms with Crippen LogP contribution in [0.4, 0.5) is 5.69 Å². The van der Waals surface area contributed by atoms with Gasteiger partial charge >= 0.3 is 5.97 Å². The highest BCUT2D eigenvalue weighted by molar-refractivity contribution is 5.94. The van der Waals surface area contributed by atoms with E-state index < -0.39 is 0 Å². The molecule has 2 rings (SSSR count). The van der Waals surface area contributed by atoms with Crippen LogP contribution in [0.5, 0.6) is 0 Å². The number of hydrogen-bond acceptors (Lipinski definition) is 4. The number of esters is 1. The van der Waals surface area contributed by atoms with Gasteiger partial charge in [-0.05, 0) is 37.2 Å². The molecule has 1 aromatic rings. The molecule has 0 radical (unpaired) electrons. The number of amides is 1. The van der Waals surface area contributed by atoms with Gasteiger partial charge in [0.05, 0.1) is 18.6 Å². The van der Waals surface area contributed by atoms with Gasteiger partial charge in [-0.2, -0.15) is 0 Å². The molecule has 5 nitrogen and oxygen atoms in total. The van der Waals surface area contributed by atoms with Crippen LogP contribution in [0.2, 0.25) is 0 Å². The summed E-state index contributed by atoms with van der Waals surface area (Å²) in [6.45, 7) is 1.62. The summed E-state index contributed by atoms with van der Waals surface area (Å²) >= 11 is 0. The van der Waals surface area contributed by atoms with E-state index in [1.54, 1.807) is 24.3 Å². The Labute approximate surface area is 118 Å². The van der Waals surface area contributed by atoms with Crippen LogP contribution in [0, 0.1) is 5.92 Å².